The summed E-state index contributed by atoms with van der Waals surface area (Å²) in [5.74, 6) is 1.33. The first kappa shape index (κ1) is 13.5. The lowest BCUT2D eigenvalue weighted by Gasteiger charge is -2.12. The molecule has 3 aromatic heterocycles. The van der Waals surface area contributed by atoms with Crippen molar-refractivity contribution < 1.29 is 0 Å². The number of fused-ring (bicyclic) bond motifs is 1. The summed E-state index contributed by atoms with van der Waals surface area (Å²) in [5.41, 5.74) is 2.90. The number of anilines is 1. The van der Waals surface area contributed by atoms with Crippen molar-refractivity contribution in [3.8, 4) is 0 Å². The predicted molar refractivity (Wildman–Crippen MR) is 80.3 cm³/mol. The van der Waals surface area contributed by atoms with E-state index in [4.69, 9.17) is 0 Å². The molecule has 0 atom stereocenters. The summed E-state index contributed by atoms with van der Waals surface area (Å²) in [4.78, 5) is 8.58. The Kier molecular flexibility index (Phi) is 3.55. The normalized spacial score (nSPS) is 11.4. The summed E-state index contributed by atoms with van der Waals surface area (Å²) < 4.78 is 3.64. The minimum atomic E-state index is 0.376. The van der Waals surface area contributed by atoms with Crippen LogP contribution in [0.5, 0.6) is 0 Å². The second-order valence-electron chi connectivity index (χ2n) is 5.36. The fourth-order valence-corrected chi connectivity index (χ4v) is 2.18. The molecule has 0 amide bonds. The Bertz CT molecular complexity index is 727. The van der Waals surface area contributed by atoms with E-state index in [9.17, 15) is 0 Å². The Labute approximate surface area is 123 Å². The third-order valence-electron chi connectivity index (χ3n) is 3.27. The molecule has 7 heteroatoms. The van der Waals surface area contributed by atoms with Crippen LogP contribution >= 0.6 is 0 Å². The van der Waals surface area contributed by atoms with Crippen LogP contribution in [0.4, 0.5) is 5.82 Å². The Hall–Kier alpha value is -2.44. The standard InChI is InChI=1S/C14H19N7/c1-10(2)12-7-13(16-4-5-20-9-15-8-17-20)21-14(18-12)6-11(3)19-21/h6-10,16H,4-5H2,1-3H3. The van der Waals surface area contributed by atoms with Crippen LogP contribution in [0.1, 0.15) is 31.2 Å². The Morgan fingerprint density at radius 2 is 2.14 bits per heavy atom. The van der Waals surface area contributed by atoms with Crippen molar-refractivity contribution in [3.05, 3.63) is 36.2 Å². The largest absolute Gasteiger partial charge is 0.368 e. The van der Waals surface area contributed by atoms with E-state index in [0.29, 0.717) is 5.92 Å². The Balaban J connectivity index is 1.85. The number of hydrogen-bond acceptors (Lipinski definition) is 5. The van der Waals surface area contributed by atoms with Crippen LogP contribution in [0.15, 0.2) is 24.8 Å². The molecule has 0 radical (unpaired) electrons. The highest BCUT2D eigenvalue weighted by molar-refractivity contribution is 5.50. The van der Waals surface area contributed by atoms with Crippen LogP contribution in [0.2, 0.25) is 0 Å². The van der Waals surface area contributed by atoms with E-state index in [0.717, 1.165) is 35.9 Å². The molecule has 0 saturated carbocycles. The van der Waals surface area contributed by atoms with Crippen molar-refractivity contribution in [1.29, 1.82) is 0 Å². The van der Waals surface area contributed by atoms with Gasteiger partial charge in [0.05, 0.1) is 12.2 Å². The summed E-state index contributed by atoms with van der Waals surface area (Å²) >= 11 is 0. The first-order chi connectivity index (χ1) is 10.1. The highest BCUT2D eigenvalue weighted by atomic mass is 15.3. The molecule has 3 aromatic rings. The van der Waals surface area contributed by atoms with Crippen LogP contribution in [0, 0.1) is 6.92 Å². The van der Waals surface area contributed by atoms with E-state index in [2.05, 4.69) is 45.4 Å². The van der Waals surface area contributed by atoms with Crippen LogP contribution in [0.3, 0.4) is 0 Å². The first-order valence-corrected chi connectivity index (χ1v) is 7.07. The average molecular weight is 285 g/mol. The van der Waals surface area contributed by atoms with Crippen LogP contribution in [-0.2, 0) is 6.54 Å². The third-order valence-corrected chi connectivity index (χ3v) is 3.27. The molecule has 21 heavy (non-hydrogen) atoms. The lowest BCUT2D eigenvalue weighted by molar-refractivity contribution is 0.633. The summed E-state index contributed by atoms with van der Waals surface area (Å²) in [6.45, 7) is 7.76. The number of hydrogen-bond donors (Lipinski definition) is 1. The van der Waals surface area contributed by atoms with E-state index in [1.807, 2.05) is 17.5 Å². The maximum absolute atomic E-state index is 4.65. The van der Waals surface area contributed by atoms with Crippen LogP contribution in [0.25, 0.3) is 5.65 Å². The smallest absolute Gasteiger partial charge is 0.157 e. The highest BCUT2D eigenvalue weighted by Crippen LogP contribution is 2.19. The zero-order valence-corrected chi connectivity index (χ0v) is 12.5. The van der Waals surface area contributed by atoms with Gasteiger partial charge in [-0.05, 0) is 12.8 Å². The van der Waals surface area contributed by atoms with Gasteiger partial charge in [0, 0.05) is 24.4 Å². The van der Waals surface area contributed by atoms with Crippen molar-refractivity contribution in [3.63, 3.8) is 0 Å². The minimum absolute atomic E-state index is 0.376. The Morgan fingerprint density at radius 1 is 1.29 bits per heavy atom. The highest BCUT2D eigenvalue weighted by Gasteiger charge is 2.10. The van der Waals surface area contributed by atoms with E-state index < -0.39 is 0 Å². The number of aromatic nitrogens is 6. The van der Waals surface area contributed by atoms with E-state index >= 15 is 0 Å². The van der Waals surface area contributed by atoms with Gasteiger partial charge >= 0.3 is 0 Å². The van der Waals surface area contributed by atoms with Crippen LogP contribution < -0.4 is 5.32 Å². The molecule has 3 rings (SSSR count). The average Bonchev–Trinajstić information content (AvgIpc) is 3.06. The second kappa shape index (κ2) is 5.51. The molecule has 0 saturated heterocycles. The molecule has 7 nitrogen and oxygen atoms in total. The summed E-state index contributed by atoms with van der Waals surface area (Å²) in [5, 5.41) is 12.0. The number of rotatable bonds is 5. The molecule has 3 heterocycles. The van der Waals surface area contributed by atoms with Gasteiger partial charge in [0.15, 0.2) is 5.65 Å². The lowest BCUT2D eigenvalue weighted by Crippen LogP contribution is -2.14. The van der Waals surface area contributed by atoms with Crippen molar-refractivity contribution in [2.45, 2.75) is 33.2 Å². The topological polar surface area (TPSA) is 72.9 Å². The maximum atomic E-state index is 4.65. The third kappa shape index (κ3) is 2.86. The molecule has 0 fully saturated rings. The van der Waals surface area contributed by atoms with E-state index in [1.165, 1.54) is 0 Å². The fraction of sp³-hybridized carbons (Fsp3) is 0.429. The molecular formula is C14H19N7. The molecule has 0 unspecified atom stereocenters. The van der Waals surface area contributed by atoms with E-state index in [-0.39, 0.29) is 0 Å². The van der Waals surface area contributed by atoms with Gasteiger partial charge < -0.3 is 5.32 Å². The second-order valence-corrected chi connectivity index (χ2v) is 5.36. The van der Waals surface area contributed by atoms with Gasteiger partial charge in [-0.15, -0.1) is 0 Å². The number of nitrogens with zero attached hydrogens (tertiary/aromatic N) is 6. The number of nitrogens with one attached hydrogen (secondary N) is 1. The molecular weight excluding hydrogens is 266 g/mol. The van der Waals surface area contributed by atoms with Crippen molar-refractivity contribution in [2.24, 2.45) is 0 Å². The molecule has 0 aliphatic heterocycles. The van der Waals surface area contributed by atoms with Gasteiger partial charge in [0.1, 0.15) is 18.5 Å². The van der Waals surface area contributed by atoms with Gasteiger partial charge in [0.2, 0.25) is 0 Å². The molecule has 0 spiro atoms. The zero-order chi connectivity index (χ0) is 14.8. The van der Waals surface area contributed by atoms with Crippen LogP contribution in [-0.4, -0.2) is 35.9 Å². The molecule has 110 valence electrons. The van der Waals surface area contributed by atoms with Gasteiger partial charge in [-0.25, -0.2) is 9.97 Å². The minimum Gasteiger partial charge on any atom is -0.368 e. The number of aryl methyl sites for hydroxylation is 1. The first-order valence-electron chi connectivity index (χ1n) is 7.07. The Morgan fingerprint density at radius 3 is 2.86 bits per heavy atom. The molecule has 0 aliphatic carbocycles. The maximum Gasteiger partial charge on any atom is 0.157 e. The SMILES string of the molecule is Cc1cc2nc(C(C)C)cc(NCCn3cncn3)n2n1. The molecule has 0 aromatic carbocycles. The molecule has 1 N–H and O–H groups in total. The quantitative estimate of drug-likeness (QED) is 0.774. The summed E-state index contributed by atoms with van der Waals surface area (Å²) in [6, 6.07) is 4.06. The molecule has 0 aliphatic rings. The summed E-state index contributed by atoms with van der Waals surface area (Å²) in [7, 11) is 0. The fourth-order valence-electron chi connectivity index (χ4n) is 2.18. The lowest BCUT2D eigenvalue weighted by atomic mass is 10.1. The predicted octanol–water partition coefficient (Wildman–Crippen LogP) is 1.86. The van der Waals surface area contributed by atoms with Gasteiger partial charge in [-0.1, -0.05) is 13.8 Å². The van der Waals surface area contributed by atoms with Crippen molar-refractivity contribution in [2.75, 3.05) is 11.9 Å². The van der Waals surface area contributed by atoms with E-state index in [1.54, 1.807) is 17.3 Å². The zero-order valence-electron chi connectivity index (χ0n) is 12.5. The monoisotopic (exact) mass is 285 g/mol. The van der Waals surface area contributed by atoms with Gasteiger partial charge in [0.25, 0.3) is 0 Å². The van der Waals surface area contributed by atoms with Gasteiger partial charge in [-0.3, -0.25) is 4.68 Å². The van der Waals surface area contributed by atoms with Crippen molar-refractivity contribution in [1.82, 2.24) is 29.4 Å². The van der Waals surface area contributed by atoms with Gasteiger partial charge in [-0.2, -0.15) is 14.7 Å². The molecule has 0 bridgehead atoms. The summed E-state index contributed by atoms with van der Waals surface area (Å²) in [6.07, 6.45) is 3.25. The van der Waals surface area contributed by atoms with Crippen molar-refractivity contribution >= 4 is 11.5 Å².